The summed E-state index contributed by atoms with van der Waals surface area (Å²) in [5.41, 5.74) is 0. The van der Waals surface area contributed by atoms with Gasteiger partial charge in [0.2, 0.25) is 0 Å². The molecule has 0 saturated carbocycles. The van der Waals surface area contributed by atoms with Crippen LogP contribution in [0.1, 0.15) is 0 Å². The van der Waals surface area contributed by atoms with Gasteiger partial charge in [-0.25, -0.2) is 0 Å². The molecule has 11 nitrogen and oxygen atoms in total. The topological polar surface area (TPSA) is 190 Å². The van der Waals surface area contributed by atoms with Crippen molar-refractivity contribution in [1.82, 2.24) is 0 Å². The Kier molecular flexibility index (Phi) is 6.27. The van der Waals surface area contributed by atoms with Crippen molar-refractivity contribution >= 4 is 0 Å². The molecule has 0 aromatic heterocycles. The summed E-state index contributed by atoms with van der Waals surface area (Å²) in [6.45, 7) is -1.35. The van der Waals surface area contributed by atoms with Crippen molar-refractivity contribution in [3.8, 4) is 0 Å². The summed E-state index contributed by atoms with van der Waals surface area (Å²) in [5, 5.41) is 76.5. The quantitative estimate of drug-likeness (QED) is 0.243. The summed E-state index contributed by atoms with van der Waals surface area (Å²) >= 11 is 0. The maximum Gasteiger partial charge on any atom is 0.187 e. The minimum Gasteiger partial charge on any atom is -0.394 e. The molecule has 0 spiro atoms. The summed E-state index contributed by atoms with van der Waals surface area (Å²) in [4.78, 5) is 0. The molecular formula is C12H22O11. The fourth-order valence-corrected chi connectivity index (χ4v) is 2.57. The van der Waals surface area contributed by atoms with Crippen molar-refractivity contribution in [3.05, 3.63) is 0 Å². The molecule has 2 aliphatic heterocycles. The fraction of sp³-hybridized carbons (Fsp3) is 1.00. The molecule has 0 aromatic rings. The Balaban J connectivity index is 2.11. The van der Waals surface area contributed by atoms with Crippen LogP contribution in [0.5, 0.6) is 0 Å². The number of hydrogen-bond acceptors (Lipinski definition) is 11. The summed E-state index contributed by atoms with van der Waals surface area (Å²) in [5.74, 6) is 0. The normalized spacial score (nSPS) is 51.7. The van der Waals surface area contributed by atoms with Crippen LogP contribution in [-0.4, -0.2) is 115 Å². The largest absolute Gasteiger partial charge is 0.394 e. The third-order valence-electron chi connectivity index (χ3n) is 3.98. The maximum atomic E-state index is 9.94. The van der Waals surface area contributed by atoms with Crippen LogP contribution in [0, 0.1) is 0 Å². The van der Waals surface area contributed by atoms with E-state index in [1.165, 1.54) is 0 Å². The molecule has 2 saturated heterocycles. The average Bonchev–Trinajstić information content (AvgIpc) is 2.55. The third-order valence-corrected chi connectivity index (χ3v) is 3.98. The lowest BCUT2D eigenvalue weighted by Crippen LogP contribution is -2.64. The van der Waals surface area contributed by atoms with Crippen LogP contribution in [0.25, 0.3) is 0 Å². The highest BCUT2D eigenvalue weighted by molar-refractivity contribution is 4.93. The molecular weight excluding hydrogens is 320 g/mol. The van der Waals surface area contributed by atoms with E-state index < -0.39 is 74.6 Å². The molecule has 8 N–H and O–H groups in total. The van der Waals surface area contributed by atoms with E-state index in [0.717, 1.165) is 0 Å². The zero-order chi connectivity index (χ0) is 17.3. The first kappa shape index (κ1) is 18.9. The number of aliphatic hydroxyl groups excluding tert-OH is 8. The average molecular weight is 342 g/mol. The molecule has 0 bridgehead atoms. The van der Waals surface area contributed by atoms with Crippen LogP contribution in [0.15, 0.2) is 0 Å². The van der Waals surface area contributed by atoms with Gasteiger partial charge in [0, 0.05) is 0 Å². The van der Waals surface area contributed by atoms with E-state index in [2.05, 4.69) is 0 Å². The van der Waals surface area contributed by atoms with Gasteiger partial charge in [0.25, 0.3) is 0 Å². The molecule has 2 aliphatic rings. The molecule has 2 fully saturated rings. The van der Waals surface area contributed by atoms with Crippen LogP contribution in [-0.2, 0) is 14.2 Å². The zero-order valence-electron chi connectivity index (χ0n) is 12.0. The number of aliphatic hydroxyl groups is 8. The monoisotopic (exact) mass is 342 g/mol. The lowest BCUT2D eigenvalue weighted by molar-refractivity contribution is -0.355. The summed E-state index contributed by atoms with van der Waals surface area (Å²) in [6, 6.07) is 0. The van der Waals surface area contributed by atoms with Crippen LogP contribution in [0.2, 0.25) is 0 Å². The van der Waals surface area contributed by atoms with Crippen LogP contribution in [0.4, 0.5) is 0 Å². The van der Waals surface area contributed by atoms with Crippen molar-refractivity contribution in [1.29, 1.82) is 0 Å². The van der Waals surface area contributed by atoms with E-state index in [4.69, 9.17) is 19.3 Å². The highest BCUT2D eigenvalue weighted by Gasteiger charge is 2.50. The summed E-state index contributed by atoms with van der Waals surface area (Å²) < 4.78 is 15.3. The van der Waals surface area contributed by atoms with Gasteiger partial charge in [0.1, 0.15) is 48.8 Å². The van der Waals surface area contributed by atoms with Gasteiger partial charge in [-0.15, -0.1) is 0 Å². The molecule has 11 heteroatoms. The Hall–Kier alpha value is -0.440. The summed E-state index contributed by atoms with van der Waals surface area (Å²) in [6.07, 6.45) is -15.6. The van der Waals surface area contributed by atoms with Crippen molar-refractivity contribution in [2.45, 2.75) is 61.4 Å². The second-order valence-electron chi connectivity index (χ2n) is 5.53. The van der Waals surface area contributed by atoms with E-state index >= 15 is 0 Å². The lowest BCUT2D eigenvalue weighted by atomic mass is 9.97. The number of hydrogen-bond donors (Lipinski definition) is 8. The molecule has 0 aromatic carbocycles. The van der Waals surface area contributed by atoms with E-state index in [1.807, 2.05) is 0 Å². The fourth-order valence-electron chi connectivity index (χ4n) is 2.57. The molecule has 0 radical (unpaired) electrons. The number of rotatable bonds is 4. The van der Waals surface area contributed by atoms with Gasteiger partial charge in [-0.05, 0) is 0 Å². The Bertz CT molecular complexity index is 378. The van der Waals surface area contributed by atoms with Crippen molar-refractivity contribution in [3.63, 3.8) is 0 Å². The predicted molar refractivity (Wildman–Crippen MR) is 68.6 cm³/mol. The van der Waals surface area contributed by atoms with E-state index in [0.29, 0.717) is 0 Å². The predicted octanol–water partition coefficient (Wildman–Crippen LogP) is -5.40. The second kappa shape index (κ2) is 7.63. The molecule has 0 unspecified atom stereocenters. The second-order valence-corrected chi connectivity index (χ2v) is 5.53. The van der Waals surface area contributed by atoms with Crippen molar-refractivity contribution < 1.29 is 55.1 Å². The highest BCUT2D eigenvalue weighted by atomic mass is 16.7. The standard InChI is InChI=1S/C12H22O11/c13-1-3-5(15)6(16)9(19)12(22-3)23-10-4(2-14)21-11(20)8(18)7(10)17/h3-20H,1-2H2/t3-,4-,5+,6-,7-,8+,9-,10+,11+,12-/m0/s1. The van der Waals surface area contributed by atoms with E-state index in [1.54, 1.807) is 0 Å². The van der Waals surface area contributed by atoms with E-state index in [9.17, 15) is 35.7 Å². The highest BCUT2D eigenvalue weighted by Crippen LogP contribution is 2.28. The minimum atomic E-state index is -1.74. The Morgan fingerprint density at radius 2 is 1.26 bits per heavy atom. The Morgan fingerprint density at radius 3 is 1.83 bits per heavy atom. The Labute approximate surface area is 130 Å². The SMILES string of the molecule is OC[C@@H]1O[C@@H](O[C@H]2[C@@H](O)[C@@H](O)[C@H](O)O[C@H]2CO)[C@@H](O)[C@@H](O)[C@@H]1O. The molecule has 2 heterocycles. The minimum absolute atomic E-state index is 0.667. The molecule has 10 atom stereocenters. The van der Waals surface area contributed by atoms with Gasteiger partial charge in [-0.1, -0.05) is 0 Å². The lowest BCUT2D eigenvalue weighted by Gasteiger charge is -2.45. The maximum absolute atomic E-state index is 9.94. The molecule has 0 aliphatic carbocycles. The molecule has 23 heavy (non-hydrogen) atoms. The summed E-state index contributed by atoms with van der Waals surface area (Å²) in [7, 11) is 0. The number of ether oxygens (including phenoxy) is 3. The Morgan fingerprint density at radius 1 is 0.652 bits per heavy atom. The van der Waals surface area contributed by atoms with Gasteiger partial charge in [0.15, 0.2) is 12.6 Å². The molecule has 136 valence electrons. The van der Waals surface area contributed by atoms with Crippen molar-refractivity contribution in [2.24, 2.45) is 0 Å². The first-order valence-electron chi connectivity index (χ1n) is 7.08. The van der Waals surface area contributed by atoms with E-state index in [-0.39, 0.29) is 0 Å². The first-order chi connectivity index (χ1) is 10.8. The molecule has 2 rings (SSSR count). The van der Waals surface area contributed by atoms with Gasteiger partial charge >= 0.3 is 0 Å². The smallest absolute Gasteiger partial charge is 0.187 e. The van der Waals surface area contributed by atoms with Gasteiger partial charge < -0.3 is 55.1 Å². The van der Waals surface area contributed by atoms with Crippen LogP contribution >= 0.6 is 0 Å². The van der Waals surface area contributed by atoms with Gasteiger partial charge in [-0.3, -0.25) is 0 Å². The van der Waals surface area contributed by atoms with Gasteiger partial charge in [-0.2, -0.15) is 0 Å². The first-order valence-corrected chi connectivity index (χ1v) is 7.08. The zero-order valence-corrected chi connectivity index (χ0v) is 12.0. The van der Waals surface area contributed by atoms with Gasteiger partial charge in [0.05, 0.1) is 13.2 Å². The van der Waals surface area contributed by atoms with Crippen LogP contribution < -0.4 is 0 Å². The van der Waals surface area contributed by atoms with Crippen LogP contribution in [0.3, 0.4) is 0 Å². The van der Waals surface area contributed by atoms with Crippen molar-refractivity contribution in [2.75, 3.05) is 13.2 Å². The third kappa shape index (κ3) is 3.65. The molecule has 0 amide bonds.